The van der Waals surface area contributed by atoms with Crippen molar-refractivity contribution in [1.82, 2.24) is 0 Å². The van der Waals surface area contributed by atoms with Gasteiger partial charge in [0.25, 0.3) is 5.91 Å². The van der Waals surface area contributed by atoms with E-state index >= 15 is 0 Å². The number of methoxy groups -OCH3 is 1. The number of anilines is 2. The summed E-state index contributed by atoms with van der Waals surface area (Å²) in [6.07, 6.45) is 0.350. The topological polar surface area (TPSA) is 93.7 Å². The summed E-state index contributed by atoms with van der Waals surface area (Å²) in [5.74, 6) is 1.14. The second-order valence-electron chi connectivity index (χ2n) is 6.78. The summed E-state index contributed by atoms with van der Waals surface area (Å²) in [7, 11) is -2.03. The molecule has 1 aliphatic rings. The second kappa shape index (κ2) is 8.08. The molecule has 1 aliphatic heterocycles. The minimum absolute atomic E-state index is 0.0927. The van der Waals surface area contributed by atoms with Crippen LogP contribution in [0.1, 0.15) is 15.9 Å². The minimum atomic E-state index is -3.61. The van der Waals surface area contributed by atoms with Crippen molar-refractivity contribution in [2.24, 2.45) is 0 Å². The van der Waals surface area contributed by atoms with Crippen LogP contribution in [0.15, 0.2) is 66.7 Å². The van der Waals surface area contributed by atoms with E-state index in [0.717, 1.165) is 5.56 Å². The molecule has 2 N–H and O–H groups in total. The van der Waals surface area contributed by atoms with E-state index in [2.05, 4.69) is 10.0 Å². The highest BCUT2D eigenvalue weighted by Crippen LogP contribution is 2.36. The third-order valence-corrected chi connectivity index (χ3v) is 5.96. The van der Waals surface area contributed by atoms with Crippen molar-refractivity contribution in [1.29, 1.82) is 0 Å². The number of sulfonamides is 1. The SMILES string of the molecule is COc1ccc(CCS(=O)(=O)Nc2ccc3c(c2)C(=O)Nc2ccccc2O3)cc1. The zero-order valence-electron chi connectivity index (χ0n) is 16.2. The first kappa shape index (κ1) is 19.8. The molecule has 3 aromatic carbocycles. The predicted molar refractivity (Wildman–Crippen MR) is 115 cm³/mol. The lowest BCUT2D eigenvalue weighted by Crippen LogP contribution is -2.19. The molecule has 0 radical (unpaired) electrons. The molecule has 4 rings (SSSR count). The van der Waals surface area contributed by atoms with E-state index in [1.54, 1.807) is 55.6 Å². The van der Waals surface area contributed by atoms with Gasteiger partial charge < -0.3 is 14.8 Å². The third kappa shape index (κ3) is 4.38. The quantitative estimate of drug-likeness (QED) is 0.623. The number of aryl methyl sites for hydroxylation is 1. The average Bonchev–Trinajstić information content (AvgIpc) is 2.88. The monoisotopic (exact) mass is 424 g/mol. The molecule has 8 heteroatoms. The first-order valence-electron chi connectivity index (χ1n) is 9.29. The number of fused-ring (bicyclic) bond motifs is 2. The number of rotatable bonds is 6. The van der Waals surface area contributed by atoms with Gasteiger partial charge in [0.05, 0.1) is 24.1 Å². The summed E-state index contributed by atoms with van der Waals surface area (Å²) in [5.41, 5.74) is 1.99. The van der Waals surface area contributed by atoms with Crippen LogP contribution in [0.5, 0.6) is 17.2 Å². The van der Waals surface area contributed by atoms with E-state index in [0.29, 0.717) is 35.0 Å². The Balaban J connectivity index is 1.48. The van der Waals surface area contributed by atoms with Crippen molar-refractivity contribution in [3.05, 3.63) is 77.9 Å². The molecule has 0 aromatic heterocycles. The van der Waals surface area contributed by atoms with Crippen LogP contribution in [0, 0.1) is 0 Å². The van der Waals surface area contributed by atoms with Crippen LogP contribution in [-0.2, 0) is 16.4 Å². The number of carbonyl (C=O) groups is 1. The molecule has 0 aliphatic carbocycles. The number of ether oxygens (including phenoxy) is 2. The summed E-state index contributed by atoms with van der Waals surface area (Å²) in [5, 5.41) is 2.77. The van der Waals surface area contributed by atoms with Crippen LogP contribution in [-0.4, -0.2) is 27.2 Å². The number of nitrogens with one attached hydrogen (secondary N) is 2. The fourth-order valence-corrected chi connectivity index (χ4v) is 4.19. The van der Waals surface area contributed by atoms with E-state index in [1.807, 2.05) is 12.1 Å². The van der Waals surface area contributed by atoms with E-state index in [9.17, 15) is 13.2 Å². The molecular weight excluding hydrogens is 404 g/mol. The number of carbonyl (C=O) groups excluding carboxylic acids is 1. The molecule has 3 aromatic rings. The van der Waals surface area contributed by atoms with Crippen LogP contribution in [0.3, 0.4) is 0 Å². The first-order chi connectivity index (χ1) is 14.4. The second-order valence-corrected chi connectivity index (χ2v) is 8.62. The molecular formula is C22H20N2O5S. The Morgan fingerprint density at radius 1 is 1.00 bits per heavy atom. The van der Waals surface area contributed by atoms with Gasteiger partial charge in [-0.1, -0.05) is 24.3 Å². The van der Waals surface area contributed by atoms with Crippen molar-refractivity contribution >= 4 is 27.3 Å². The van der Waals surface area contributed by atoms with E-state index < -0.39 is 10.0 Å². The van der Waals surface area contributed by atoms with Crippen molar-refractivity contribution in [2.75, 3.05) is 22.9 Å². The number of benzene rings is 3. The van der Waals surface area contributed by atoms with Gasteiger partial charge >= 0.3 is 0 Å². The number of para-hydroxylation sites is 2. The standard InChI is InChI=1S/C22H20N2O5S/c1-28-17-9-6-15(7-10-17)12-13-30(26,27)24-16-8-11-20-18(14-16)22(25)23-19-4-2-3-5-21(19)29-20/h2-11,14,24H,12-13H2,1H3,(H,23,25). The molecule has 1 heterocycles. The van der Waals surface area contributed by atoms with Crippen molar-refractivity contribution < 1.29 is 22.7 Å². The molecule has 0 saturated heterocycles. The van der Waals surface area contributed by atoms with Gasteiger partial charge in [0.15, 0.2) is 5.75 Å². The maximum atomic E-state index is 12.6. The van der Waals surface area contributed by atoms with E-state index in [1.165, 1.54) is 6.07 Å². The van der Waals surface area contributed by atoms with Gasteiger partial charge in [-0.3, -0.25) is 9.52 Å². The Bertz CT molecular complexity index is 1190. The lowest BCUT2D eigenvalue weighted by Gasteiger charge is -2.11. The first-order valence-corrected chi connectivity index (χ1v) is 10.9. The van der Waals surface area contributed by atoms with Gasteiger partial charge in [-0.15, -0.1) is 0 Å². The van der Waals surface area contributed by atoms with Gasteiger partial charge in [0, 0.05) is 5.69 Å². The van der Waals surface area contributed by atoms with Crippen LogP contribution in [0.25, 0.3) is 0 Å². The highest BCUT2D eigenvalue weighted by atomic mass is 32.2. The fourth-order valence-electron chi connectivity index (χ4n) is 3.10. The van der Waals surface area contributed by atoms with Crippen molar-refractivity contribution in [2.45, 2.75) is 6.42 Å². The lowest BCUT2D eigenvalue weighted by molar-refractivity contribution is 0.102. The Kier molecular flexibility index (Phi) is 5.33. The summed E-state index contributed by atoms with van der Waals surface area (Å²) in [4.78, 5) is 12.6. The van der Waals surface area contributed by atoms with Gasteiger partial charge in [0.2, 0.25) is 10.0 Å². The van der Waals surface area contributed by atoms with Crippen molar-refractivity contribution in [3.8, 4) is 17.2 Å². The molecule has 154 valence electrons. The number of hydrogen-bond acceptors (Lipinski definition) is 5. The lowest BCUT2D eigenvalue weighted by atomic mass is 10.1. The Hall–Kier alpha value is -3.52. The highest BCUT2D eigenvalue weighted by Gasteiger charge is 2.22. The zero-order valence-corrected chi connectivity index (χ0v) is 17.0. The van der Waals surface area contributed by atoms with Crippen LogP contribution in [0.4, 0.5) is 11.4 Å². The molecule has 0 bridgehead atoms. The zero-order chi connectivity index (χ0) is 21.1. The Morgan fingerprint density at radius 2 is 1.77 bits per heavy atom. The maximum Gasteiger partial charge on any atom is 0.259 e. The Morgan fingerprint density at radius 3 is 2.53 bits per heavy atom. The number of hydrogen-bond donors (Lipinski definition) is 2. The van der Waals surface area contributed by atoms with Gasteiger partial charge in [-0.25, -0.2) is 8.42 Å². The normalized spacial score (nSPS) is 12.6. The summed E-state index contributed by atoms with van der Waals surface area (Å²) in [6.45, 7) is 0. The van der Waals surface area contributed by atoms with Gasteiger partial charge in [-0.2, -0.15) is 0 Å². The van der Waals surface area contributed by atoms with E-state index in [4.69, 9.17) is 9.47 Å². The summed E-state index contributed by atoms with van der Waals surface area (Å²) >= 11 is 0. The van der Waals surface area contributed by atoms with Crippen LogP contribution in [0.2, 0.25) is 0 Å². The maximum absolute atomic E-state index is 12.6. The average molecular weight is 424 g/mol. The summed E-state index contributed by atoms with van der Waals surface area (Å²) in [6, 6.07) is 19.0. The largest absolute Gasteiger partial charge is 0.497 e. The summed E-state index contributed by atoms with van der Waals surface area (Å²) < 4.78 is 38.5. The molecule has 0 atom stereocenters. The van der Waals surface area contributed by atoms with E-state index in [-0.39, 0.29) is 17.2 Å². The number of amides is 1. The van der Waals surface area contributed by atoms with Crippen molar-refractivity contribution in [3.63, 3.8) is 0 Å². The molecule has 0 spiro atoms. The molecule has 1 amide bonds. The van der Waals surface area contributed by atoms with Crippen LogP contribution >= 0.6 is 0 Å². The van der Waals surface area contributed by atoms with Gasteiger partial charge in [0.1, 0.15) is 11.5 Å². The molecule has 0 unspecified atom stereocenters. The van der Waals surface area contributed by atoms with Gasteiger partial charge in [-0.05, 0) is 54.4 Å². The minimum Gasteiger partial charge on any atom is -0.497 e. The molecule has 0 fully saturated rings. The smallest absolute Gasteiger partial charge is 0.259 e. The fraction of sp³-hybridized carbons (Fsp3) is 0.136. The molecule has 30 heavy (non-hydrogen) atoms. The molecule has 7 nitrogen and oxygen atoms in total. The molecule has 0 saturated carbocycles. The highest BCUT2D eigenvalue weighted by molar-refractivity contribution is 7.92. The Labute approximate surface area is 174 Å². The predicted octanol–water partition coefficient (Wildman–Crippen LogP) is 4.04. The third-order valence-electron chi connectivity index (χ3n) is 4.67. The van der Waals surface area contributed by atoms with Crippen LogP contribution < -0.4 is 19.5 Å².